The molecule has 0 aliphatic carbocycles. The molecule has 33 heavy (non-hydrogen) atoms. The van der Waals surface area contributed by atoms with Crippen LogP contribution < -0.4 is 11.1 Å². The topological polar surface area (TPSA) is 103 Å². The number of anilines is 1. The Morgan fingerprint density at radius 2 is 1.67 bits per heavy atom. The number of carbonyl (C=O) groups is 2. The van der Waals surface area contributed by atoms with Gasteiger partial charge in [-0.15, -0.1) is 0 Å². The molecule has 7 nitrogen and oxygen atoms in total. The van der Waals surface area contributed by atoms with E-state index in [1.54, 1.807) is 13.8 Å². The summed E-state index contributed by atoms with van der Waals surface area (Å²) in [5.74, 6) is -3.70. The van der Waals surface area contributed by atoms with Crippen molar-refractivity contribution in [3.05, 3.63) is 88.1 Å². The highest BCUT2D eigenvalue weighted by Crippen LogP contribution is 2.25. The van der Waals surface area contributed by atoms with Gasteiger partial charge in [-0.25, -0.2) is 18.2 Å². The quantitative estimate of drug-likeness (QED) is 0.479. The molecule has 3 N–H and O–H groups in total. The summed E-state index contributed by atoms with van der Waals surface area (Å²) in [6.07, 6.45) is 0. The smallest absolute Gasteiger partial charge is 0.274 e. The molecule has 0 aliphatic rings. The molecule has 2 amide bonds. The van der Waals surface area contributed by atoms with E-state index in [2.05, 4.69) is 15.4 Å². The van der Waals surface area contributed by atoms with E-state index >= 15 is 0 Å². The van der Waals surface area contributed by atoms with E-state index in [0.717, 1.165) is 24.3 Å². The number of nitrogens with zero attached hydrogens (tertiary/aromatic N) is 3. The van der Waals surface area contributed by atoms with Crippen LogP contribution in [0.15, 0.2) is 42.5 Å². The number of nitrogens with two attached hydrogens (primary N) is 1. The van der Waals surface area contributed by atoms with Crippen LogP contribution in [-0.2, 0) is 6.54 Å². The average Bonchev–Trinajstić information content (AvgIpc) is 3.03. The number of nitrogens with one attached hydrogen (secondary N) is 1. The molecule has 2 heterocycles. The lowest BCUT2D eigenvalue weighted by atomic mass is 10.1. The minimum Gasteiger partial charge on any atom is -0.366 e. The highest BCUT2D eigenvalue weighted by Gasteiger charge is 2.21. The van der Waals surface area contributed by atoms with E-state index in [1.807, 2.05) is 0 Å². The van der Waals surface area contributed by atoms with Gasteiger partial charge in [-0.05, 0) is 44.2 Å². The number of hydrogen-bond acceptors (Lipinski definition) is 4. The highest BCUT2D eigenvalue weighted by molar-refractivity contribution is 6.10. The van der Waals surface area contributed by atoms with Crippen molar-refractivity contribution in [1.82, 2.24) is 14.8 Å². The number of benzene rings is 2. The number of hydrogen-bond donors (Lipinski definition) is 2. The van der Waals surface area contributed by atoms with Gasteiger partial charge in [0.2, 0.25) is 5.91 Å². The second-order valence-corrected chi connectivity index (χ2v) is 7.41. The summed E-state index contributed by atoms with van der Waals surface area (Å²) >= 11 is 0. The summed E-state index contributed by atoms with van der Waals surface area (Å²) in [5.41, 5.74) is 6.14. The number of aromatic nitrogens is 3. The molecular formula is C23H18F3N5O2. The molecule has 0 bridgehead atoms. The summed E-state index contributed by atoms with van der Waals surface area (Å²) in [7, 11) is 0. The molecule has 2 aromatic heterocycles. The van der Waals surface area contributed by atoms with Crippen LogP contribution in [0.4, 0.5) is 18.9 Å². The minimum atomic E-state index is -0.909. The third kappa shape index (κ3) is 4.02. The molecule has 0 radical (unpaired) electrons. The Morgan fingerprint density at radius 1 is 1.03 bits per heavy atom. The fourth-order valence-corrected chi connectivity index (χ4v) is 3.60. The summed E-state index contributed by atoms with van der Waals surface area (Å²) in [6.45, 7) is 3.07. The molecule has 0 fully saturated rings. The lowest BCUT2D eigenvalue weighted by Gasteiger charge is -2.10. The second-order valence-electron chi connectivity index (χ2n) is 7.41. The van der Waals surface area contributed by atoms with Crippen LogP contribution >= 0.6 is 0 Å². The van der Waals surface area contributed by atoms with E-state index in [4.69, 9.17) is 5.73 Å². The van der Waals surface area contributed by atoms with Crippen molar-refractivity contribution in [1.29, 1.82) is 0 Å². The van der Waals surface area contributed by atoms with Crippen molar-refractivity contribution >= 4 is 28.4 Å². The van der Waals surface area contributed by atoms with Gasteiger partial charge < -0.3 is 11.1 Å². The lowest BCUT2D eigenvalue weighted by molar-refractivity contribution is 0.100. The minimum absolute atomic E-state index is 0.0753. The number of pyridine rings is 1. The SMILES string of the molecule is Cc1nn(Cc2c(F)cccc2F)c(C)c1NC(=O)c1cc(C(N)=O)c2c(F)cccc2n1. The third-order valence-corrected chi connectivity index (χ3v) is 5.27. The van der Waals surface area contributed by atoms with Gasteiger partial charge in [0.05, 0.1) is 34.7 Å². The Balaban J connectivity index is 1.69. The number of aryl methyl sites for hydroxylation is 1. The highest BCUT2D eigenvalue weighted by atomic mass is 19.1. The van der Waals surface area contributed by atoms with E-state index in [1.165, 1.54) is 22.9 Å². The van der Waals surface area contributed by atoms with Gasteiger partial charge in [0, 0.05) is 10.9 Å². The van der Waals surface area contributed by atoms with Crippen LogP contribution in [0.25, 0.3) is 10.9 Å². The molecule has 0 unspecified atom stereocenters. The monoisotopic (exact) mass is 453 g/mol. The first kappa shape index (κ1) is 22.0. The van der Waals surface area contributed by atoms with Gasteiger partial charge in [0.1, 0.15) is 23.1 Å². The zero-order valence-electron chi connectivity index (χ0n) is 17.6. The van der Waals surface area contributed by atoms with Crippen LogP contribution in [0.1, 0.15) is 37.8 Å². The van der Waals surface area contributed by atoms with E-state index < -0.39 is 29.3 Å². The average molecular weight is 453 g/mol. The van der Waals surface area contributed by atoms with Gasteiger partial charge in [-0.3, -0.25) is 14.3 Å². The number of halogens is 3. The Bertz CT molecular complexity index is 1410. The molecular weight excluding hydrogens is 435 g/mol. The van der Waals surface area contributed by atoms with Gasteiger partial charge >= 0.3 is 0 Å². The molecule has 168 valence electrons. The first-order chi connectivity index (χ1) is 15.7. The fourth-order valence-electron chi connectivity index (χ4n) is 3.60. The van der Waals surface area contributed by atoms with E-state index in [0.29, 0.717) is 17.1 Å². The zero-order valence-corrected chi connectivity index (χ0v) is 17.6. The van der Waals surface area contributed by atoms with Crippen LogP contribution in [0.3, 0.4) is 0 Å². The second kappa shape index (κ2) is 8.38. The predicted molar refractivity (Wildman–Crippen MR) is 115 cm³/mol. The number of carbonyl (C=O) groups excluding carboxylic acids is 2. The molecule has 0 saturated heterocycles. The van der Waals surface area contributed by atoms with Crippen molar-refractivity contribution < 1.29 is 22.8 Å². The van der Waals surface area contributed by atoms with E-state index in [9.17, 15) is 22.8 Å². The Labute approximate surface area is 186 Å². The molecule has 10 heteroatoms. The summed E-state index contributed by atoms with van der Waals surface area (Å²) < 4.78 is 43.7. The molecule has 4 aromatic rings. The molecule has 2 aromatic carbocycles. The van der Waals surface area contributed by atoms with Crippen molar-refractivity contribution in [2.24, 2.45) is 5.73 Å². The standard InChI is InChI=1S/C23H18F3N5O2/c1-11-21(12(2)31(30-11)10-14-15(24)5-3-6-16(14)25)29-23(33)19-9-13(22(27)32)20-17(26)7-4-8-18(20)28-19/h3-9H,10H2,1-2H3,(H2,27,32)(H,29,33). The predicted octanol–water partition coefficient (Wildman–Crippen LogP) is 3.86. The summed E-state index contributed by atoms with van der Waals surface area (Å²) in [6, 6.07) is 8.71. The molecule has 0 atom stereocenters. The Hall–Kier alpha value is -4.21. The van der Waals surface area contributed by atoms with Crippen molar-refractivity contribution in [3.63, 3.8) is 0 Å². The van der Waals surface area contributed by atoms with Gasteiger partial charge in [-0.2, -0.15) is 5.10 Å². The van der Waals surface area contributed by atoms with Gasteiger partial charge in [0.25, 0.3) is 5.91 Å². The van der Waals surface area contributed by atoms with Crippen LogP contribution in [0.2, 0.25) is 0 Å². The van der Waals surface area contributed by atoms with Crippen molar-refractivity contribution in [3.8, 4) is 0 Å². The van der Waals surface area contributed by atoms with Crippen molar-refractivity contribution in [2.45, 2.75) is 20.4 Å². The molecule has 0 saturated carbocycles. The van der Waals surface area contributed by atoms with Gasteiger partial charge in [0.15, 0.2) is 0 Å². The normalized spacial score (nSPS) is 11.1. The summed E-state index contributed by atoms with van der Waals surface area (Å²) in [5, 5.41) is 6.85. The first-order valence-electron chi connectivity index (χ1n) is 9.84. The maximum atomic E-state index is 14.2. The first-order valence-corrected chi connectivity index (χ1v) is 9.84. The lowest BCUT2D eigenvalue weighted by Crippen LogP contribution is -2.18. The van der Waals surface area contributed by atoms with Crippen LogP contribution in [0.5, 0.6) is 0 Å². The third-order valence-electron chi connectivity index (χ3n) is 5.27. The number of amides is 2. The fraction of sp³-hybridized carbons (Fsp3) is 0.130. The number of fused-ring (bicyclic) bond motifs is 1. The number of primary amides is 1. The van der Waals surface area contributed by atoms with E-state index in [-0.39, 0.29) is 34.3 Å². The summed E-state index contributed by atoms with van der Waals surface area (Å²) in [4.78, 5) is 28.9. The largest absolute Gasteiger partial charge is 0.366 e. The molecule has 0 aliphatic heterocycles. The maximum Gasteiger partial charge on any atom is 0.274 e. The number of rotatable bonds is 5. The van der Waals surface area contributed by atoms with Crippen molar-refractivity contribution in [2.75, 3.05) is 5.32 Å². The molecule has 0 spiro atoms. The maximum absolute atomic E-state index is 14.2. The zero-order chi connectivity index (χ0) is 23.9. The van der Waals surface area contributed by atoms with Crippen LogP contribution in [0, 0.1) is 31.3 Å². The molecule has 4 rings (SSSR count). The van der Waals surface area contributed by atoms with Gasteiger partial charge in [-0.1, -0.05) is 12.1 Å². The van der Waals surface area contributed by atoms with Crippen LogP contribution in [-0.4, -0.2) is 26.6 Å². The Kier molecular flexibility index (Phi) is 5.59. The Morgan fingerprint density at radius 3 is 2.33 bits per heavy atom.